The lowest BCUT2D eigenvalue weighted by atomic mass is 10.2. The molecule has 148 valence electrons. The van der Waals surface area contributed by atoms with Gasteiger partial charge < -0.3 is 9.47 Å². The lowest BCUT2D eigenvalue weighted by molar-refractivity contribution is 0.687. The van der Waals surface area contributed by atoms with Crippen molar-refractivity contribution in [2.75, 3.05) is 19.0 Å². The van der Waals surface area contributed by atoms with Gasteiger partial charge in [0.1, 0.15) is 5.01 Å². The van der Waals surface area contributed by atoms with Crippen LogP contribution in [-0.4, -0.2) is 33.8 Å². The van der Waals surface area contributed by atoms with Crippen LogP contribution in [-0.2, 0) is 12.3 Å². The van der Waals surface area contributed by atoms with Gasteiger partial charge >= 0.3 is 0 Å². The minimum atomic E-state index is 0.777. The molecule has 0 aliphatic rings. The molecule has 0 aliphatic carbocycles. The number of hydrogen-bond donors (Lipinski definition) is 0. The first-order valence-corrected chi connectivity index (χ1v) is 11.4. The summed E-state index contributed by atoms with van der Waals surface area (Å²) in [7, 11) is 4.09. The van der Waals surface area contributed by atoms with Gasteiger partial charge in [0.15, 0.2) is 11.0 Å². The maximum atomic E-state index is 4.78. The summed E-state index contributed by atoms with van der Waals surface area (Å²) >= 11 is 3.36. The lowest BCUT2D eigenvalue weighted by Crippen LogP contribution is -2.08. The summed E-state index contributed by atoms with van der Waals surface area (Å²) in [5.74, 6) is 1.68. The Labute approximate surface area is 179 Å². The Morgan fingerprint density at radius 1 is 1.00 bits per heavy atom. The van der Waals surface area contributed by atoms with Gasteiger partial charge in [0, 0.05) is 48.6 Å². The predicted octanol–water partition coefficient (Wildman–Crippen LogP) is 5.45. The smallest absolute Gasteiger partial charge is 0.191 e. The number of anilines is 1. The first kappa shape index (κ1) is 19.7. The van der Waals surface area contributed by atoms with Crippen molar-refractivity contribution in [3.8, 4) is 22.0 Å². The summed E-state index contributed by atoms with van der Waals surface area (Å²) in [5, 5.41) is 13.0. The normalized spacial score (nSPS) is 11.0. The number of rotatable bonds is 7. The third-order valence-corrected chi connectivity index (χ3v) is 6.52. The fraction of sp³-hybridized carbons (Fsp3) is 0.227. The Balaban J connectivity index is 1.52. The summed E-state index contributed by atoms with van der Waals surface area (Å²) in [6.07, 6.45) is 0. The van der Waals surface area contributed by atoms with E-state index in [1.54, 1.807) is 23.1 Å². The largest absolute Gasteiger partial charge is 0.378 e. The molecule has 0 unspecified atom stereocenters. The molecule has 0 aliphatic heterocycles. The highest BCUT2D eigenvalue weighted by atomic mass is 32.2. The number of thioether (sulfide) groups is 1. The predicted molar refractivity (Wildman–Crippen MR) is 123 cm³/mol. The molecule has 0 radical (unpaired) electrons. The van der Waals surface area contributed by atoms with Gasteiger partial charge in [-0.3, -0.25) is 0 Å². The van der Waals surface area contributed by atoms with Gasteiger partial charge in [-0.2, -0.15) is 0 Å². The highest BCUT2D eigenvalue weighted by Crippen LogP contribution is 2.30. The van der Waals surface area contributed by atoms with E-state index in [0.717, 1.165) is 50.8 Å². The molecule has 2 aromatic carbocycles. The van der Waals surface area contributed by atoms with Gasteiger partial charge in [-0.25, -0.2) is 4.98 Å². The topological polar surface area (TPSA) is 46.8 Å². The molecule has 0 amide bonds. The van der Waals surface area contributed by atoms with Gasteiger partial charge in [0.2, 0.25) is 0 Å². The molecule has 0 N–H and O–H groups in total. The lowest BCUT2D eigenvalue weighted by Gasteiger charge is -2.13. The number of nitrogens with zero attached hydrogens (tertiary/aromatic N) is 5. The quantitative estimate of drug-likeness (QED) is 0.372. The summed E-state index contributed by atoms with van der Waals surface area (Å²) < 4.78 is 2.17. The minimum absolute atomic E-state index is 0.777. The van der Waals surface area contributed by atoms with E-state index < -0.39 is 0 Å². The second kappa shape index (κ2) is 8.80. The van der Waals surface area contributed by atoms with Crippen LogP contribution in [0, 0.1) is 0 Å². The van der Waals surface area contributed by atoms with Crippen LogP contribution < -0.4 is 4.90 Å². The highest BCUT2D eigenvalue weighted by molar-refractivity contribution is 7.98. The molecule has 4 aromatic rings. The Bertz CT molecular complexity index is 1090. The summed E-state index contributed by atoms with van der Waals surface area (Å²) in [5.41, 5.74) is 4.46. The highest BCUT2D eigenvalue weighted by Gasteiger charge is 2.15. The zero-order chi connectivity index (χ0) is 20.2. The molecule has 0 bridgehead atoms. The van der Waals surface area contributed by atoms with Crippen LogP contribution in [0.3, 0.4) is 0 Å². The molecule has 0 spiro atoms. The van der Waals surface area contributed by atoms with E-state index in [2.05, 4.69) is 68.4 Å². The number of hydrogen-bond acceptors (Lipinski definition) is 6. The first-order valence-electron chi connectivity index (χ1n) is 9.49. The van der Waals surface area contributed by atoms with E-state index in [4.69, 9.17) is 4.98 Å². The monoisotopic (exact) mass is 421 g/mol. The molecule has 7 heteroatoms. The van der Waals surface area contributed by atoms with Crippen molar-refractivity contribution in [3.63, 3.8) is 0 Å². The van der Waals surface area contributed by atoms with E-state index >= 15 is 0 Å². The second-order valence-electron chi connectivity index (χ2n) is 6.79. The third kappa shape index (κ3) is 4.36. The fourth-order valence-electron chi connectivity index (χ4n) is 3.04. The Hall–Kier alpha value is -2.64. The minimum Gasteiger partial charge on any atom is -0.378 e. The number of benzene rings is 2. The molecular formula is C22H23N5S2. The van der Waals surface area contributed by atoms with Crippen molar-refractivity contribution in [3.05, 3.63) is 65.7 Å². The van der Waals surface area contributed by atoms with Crippen LogP contribution in [0.1, 0.15) is 12.6 Å². The summed E-state index contributed by atoms with van der Waals surface area (Å²) in [6, 6.07) is 18.7. The second-order valence-corrected chi connectivity index (χ2v) is 8.59. The van der Waals surface area contributed by atoms with Crippen LogP contribution in [0.25, 0.3) is 22.0 Å². The molecular weight excluding hydrogens is 398 g/mol. The Kier molecular flexibility index (Phi) is 5.97. The molecule has 0 fully saturated rings. The number of aromatic nitrogens is 4. The first-order chi connectivity index (χ1) is 14.2. The molecule has 0 atom stereocenters. The van der Waals surface area contributed by atoms with Gasteiger partial charge in [0.05, 0.1) is 5.69 Å². The molecule has 2 aromatic heterocycles. The zero-order valence-electron chi connectivity index (χ0n) is 16.7. The Morgan fingerprint density at radius 2 is 1.79 bits per heavy atom. The fourth-order valence-corrected chi connectivity index (χ4v) is 4.87. The van der Waals surface area contributed by atoms with E-state index in [9.17, 15) is 0 Å². The molecule has 0 saturated carbocycles. The van der Waals surface area contributed by atoms with Crippen molar-refractivity contribution in [2.45, 2.75) is 24.4 Å². The molecule has 2 heterocycles. The van der Waals surface area contributed by atoms with E-state index in [1.165, 1.54) is 0 Å². The van der Waals surface area contributed by atoms with Gasteiger partial charge in [-0.1, -0.05) is 54.2 Å². The van der Waals surface area contributed by atoms with Crippen LogP contribution >= 0.6 is 23.1 Å². The maximum absolute atomic E-state index is 4.78. The average molecular weight is 422 g/mol. The maximum Gasteiger partial charge on any atom is 0.191 e. The van der Waals surface area contributed by atoms with Gasteiger partial charge in [-0.05, 0) is 19.1 Å². The van der Waals surface area contributed by atoms with Crippen molar-refractivity contribution in [2.24, 2.45) is 0 Å². The summed E-state index contributed by atoms with van der Waals surface area (Å²) in [6.45, 7) is 2.95. The van der Waals surface area contributed by atoms with E-state index in [1.807, 2.05) is 32.3 Å². The van der Waals surface area contributed by atoms with E-state index in [-0.39, 0.29) is 0 Å². The van der Waals surface area contributed by atoms with E-state index in [0.29, 0.717) is 0 Å². The van der Waals surface area contributed by atoms with Crippen LogP contribution in [0.5, 0.6) is 0 Å². The molecule has 4 rings (SSSR count). The van der Waals surface area contributed by atoms with Crippen molar-refractivity contribution in [1.82, 2.24) is 19.7 Å². The zero-order valence-corrected chi connectivity index (χ0v) is 18.4. The van der Waals surface area contributed by atoms with Crippen molar-refractivity contribution >= 4 is 28.8 Å². The van der Waals surface area contributed by atoms with Crippen LogP contribution in [0.4, 0.5) is 5.69 Å². The summed E-state index contributed by atoms with van der Waals surface area (Å²) in [4.78, 5) is 6.88. The van der Waals surface area contributed by atoms with Gasteiger partial charge in [0.25, 0.3) is 0 Å². The average Bonchev–Trinajstić information content (AvgIpc) is 3.39. The molecule has 29 heavy (non-hydrogen) atoms. The Morgan fingerprint density at radius 3 is 2.55 bits per heavy atom. The molecule has 5 nitrogen and oxygen atoms in total. The SMILES string of the molecule is CCn1c(SCc2csc(-c3ccccc3)n2)nnc1-c1cccc(N(C)C)c1. The third-order valence-electron chi connectivity index (χ3n) is 4.58. The standard InChI is InChI=1S/C22H23N5S2/c1-4-27-20(17-11-8-12-19(13-17)26(2)3)24-25-22(27)29-15-18-14-28-21(23-18)16-9-6-5-7-10-16/h5-14H,4,15H2,1-3H3. The van der Waals surface area contributed by atoms with Gasteiger partial charge in [-0.15, -0.1) is 21.5 Å². The van der Waals surface area contributed by atoms with Crippen molar-refractivity contribution in [1.29, 1.82) is 0 Å². The van der Waals surface area contributed by atoms with Crippen LogP contribution in [0.2, 0.25) is 0 Å². The number of thiazole rings is 1. The molecule has 0 saturated heterocycles. The van der Waals surface area contributed by atoms with Crippen LogP contribution in [0.15, 0.2) is 65.1 Å². The van der Waals surface area contributed by atoms with Crippen molar-refractivity contribution < 1.29 is 0 Å².